The number of rotatable bonds is 9. The van der Waals surface area contributed by atoms with E-state index in [0.717, 1.165) is 12.8 Å². The number of benzene rings is 1. The molecule has 1 rings (SSSR count). The van der Waals surface area contributed by atoms with Gasteiger partial charge in [-0.1, -0.05) is 19.8 Å². The SMILES string of the molecule is CCCC[C@H](Nc1ccc([N+](=O)[O-])c(OCC)c1)C(=O)O. The predicted octanol–water partition coefficient (Wildman–Crippen LogP) is 3.05. The number of carbonyl (C=O) groups is 1. The van der Waals surface area contributed by atoms with Crippen LogP contribution in [-0.4, -0.2) is 28.6 Å². The van der Waals surface area contributed by atoms with Crippen molar-refractivity contribution in [2.45, 2.75) is 39.2 Å². The second-order valence-electron chi connectivity index (χ2n) is 4.55. The van der Waals surface area contributed by atoms with E-state index in [1.54, 1.807) is 6.92 Å². The van der Waals surface area contributed by atoms with Gasteiger partial charge in [0.05, 0.1) is 11.5 Å². The zero-order valence-corrected chi connectivity index (χ0v) is 12.2. The van der Waals surface area contributed by atoms with Crippen LogP contribution in [0.4, 0.5) is 11.4 Å². The normalized spacial score (nSPS) is 11.7. The summed E-state index contributed by atoms with van der Waals surface area (Å²) >= 11 is 0. The lowest BCUT2D eigenvalue weighted by molar-refractivity contribution is -0.385. The van der Waals surface area contributed by atoms with Gasteiger partial charge in [0.2, 0.25) is 0 Å². The molecule has 0 radical (unpaired) electrons. The van der Waals surface area contributed by atoms with Crippen molar-refractivity contribution in [3.05, 3.63) is 28.3 Å². The molecule has 0 aliphatic rings. The molecule has 0 fully saturated rings. The van der Waals surface area contributed by atoms with Crippen molar-refractivity contribution >= 4 is 17.3 Å². The third kappa shape index (κ3) is 4.94. The number of nitrogens with zero attached hydrogens (tertiary/aromatic N) is 1. The largest absolute Gasteiger partial charge is 0.487 e. The number of aliphatic carboxylic acids is 1. The average molecular weight is 296 g/mol. The molecule has 0 heterocycles. The molecule has 0 amide bonds. The molecule has 2 N–H and O–H groups in total. The standard InChI is InChI=1S/C14H20N2O5/c1-3-5-6-11(14(17)18)15-10-7-8-12(16(19)20)13(9-10)21-4-2/h7-9,11,15H,3-6H2,1-2H3,(H,17,18)/t11-/m0/s1. The molecule has 0 unspecified atom stereocenters. The summed E-state index contributed by atoms with van der Waals surface area (Å²) in [6.07, 6.45) is 2.18. The van der Waals surface area contributed by atoms with Crippen LogP contribution in [0, 0.1) is 10.1 Å². The van der Waals surface area contributed by atoms with Crippen molar-refractivity contribution in [2.24, 2.45) is 0 Å². The zero-order valence-electron chi connectivity index (χ0n) is 12.2. The summed E-state index contributed by atoms with van der Waals surface area (Å²) in [6, 6.07) is 3.54. The molecule has 0 spiro atoms. The van der Waals surface area contributed by atoms with Gasteiger partial charge in [0.25, 0.3) is 0 Å². The molecule has 7 nitrogen and oxygen atoms in total. The predicted molar refractivity (Wildman–Crippen MR) is 78.8 cm³/mol. The summed E-state index contributed by atoms with van der Waals surface area (Å²) in [7, 11) is 0. The minimum Gasteiger partial charge on any atom is -0.487 e. The lowest BCUT2D eigenvalue weighted by Gasteiger charge is -2.16. The first kappa shape index (κ1) is 16.7. The quantitative estimate of drug-likeness (QED) is 0.536. The zero-order chi connectivity index (χ0) is 15.8. The number of nitro benzene ring substituents is 1. The fourth-order valence-electron chi connectivity index (χ4n) is 1.89. The van der Waals surface area contributed by atoms with Gasteiger partial charge >= 0.3 is 11.7 Å². The van der Waals surface area contributed by atoms with Crippen LogP contribution in [-0.2, 0) is 4.79 Å². The van der Waals surface area contributed by atoms with E-state index in [4.69, 9.17) is 4.74 Å². The Bertz CT molecular complexity index is 504. The number of hydrogen-bond acceptors (Lipinski definition) is 5. The first-order chi connectivity index (χ1) is 9.99. The van der Waals surface area contributed by atoms with Crippen LogP contribution >= 0.6 is 0 Å². The maximum Gasteiger partial charge on any atom is 0.326 e. The molecular formula is C14H20N2O5. The van der Waals surface area contributed by atoms with Gasteiger partial charge in [0.1, 0.15) is 6.04 Å². The molecule has 1 aromatic rings. The summed E-state index contributed by atoms with van der Waals surface area (Å²) in [6.45, 7) is 4.01. The Kier molecular flexibility index (Phi) is 6.45. The van der Waals surface area contributed by atoms with Gasteiger partial charge in [-0.15, -0.1) is 0 Å². The Labute approximate surface area is 123 Å². The van der Waals surface area contributed by atoms with Crippen molar-refractivity contribution < 1.29 is 19.6 Å². The van der Waals surface area contributed by atoms with E-state index in [-0.39, 0.29) is 11.4 Å². The number of anilines is 1. The minimum atomic E-state index is -0.945. The topological polar surface area (TPSA) is 102 Å². The molecule has 0 bridgehead atoms. The van der Waals surface area contributed by atoms with Gasteiger partial charge in [0.15, 0.2) is 5.75 Å². The average Bonchev–Trinajstić information content (AvgIpc) is 2.43. The van der Waals surface area contributed by atoms with Crippen LogP contribution in [0.1, 0.15) is 33.1 Å². The molecular weight excluding hydrogens is 276 g/mol. The maximum atomic E-state index is 11.2. The van der Waals surface area contributed by atoms with Crippen molar-refractivity contribution in [3.63, 3.8) is 0 Å². The molecule has 7 heteroatoms. The van der Waals surface area contributed by atoms with Crippen LogP contribution in [0.25, 0.3) is 0 Å². The summed E-state index contributed by atoms with van der Waals surface area (Å²) in [4.78, 5) is 21.6. The number of ether oxygens (including phenoxy) is 1. The highest BCUT2D eigenvalue weighted by molar-refractivity contribution is 5.77. The van der Waals surface area contributed by atoms with Crippen molar-refractivity contribution in [1.82, 2.24) is 0 Å². The molecule has 116 valence electrons. The summed E-state index contributed by atoms with van der Waals surface area (Å²) < 4.78 is 5.23. The molecule has 0 aliphatic heterocycles. The highest BCUT2D eigenvalue weighted by Crippen LogP contribution is 2.30. The second-order valence-corrected chi connectivity index (χ2v) is 4.55. The Morgan fingerprint density at radius 2 is 2.19 bits per heavy atom. The smallest absolute Gasteiger partial charge is 0.326 e. The molecule has 0 aromatic heterocycles. The molecule has 0 saturated carbocycles. The summed E-state index contributed by atoms with van der Waals surface area (Å²) in [5.74, 6) is -0.813. The molecule has 0 aliphatic carbocycles. The van der Waals surface area contributed by atoms with E-state index in [1.165, 1.54) is 18.2 Å². The van der Waals surface area contributed by atoms with Crippen LogP contribution in [0.5, 0.6) is 5.75 Å². The van der Waals surface area contributed by atoms with Crippen molar-refractivity contribution in [1.29, 1.82) is 0 Å². The first-order valence-corrected chi connectivity index (χ1v) is 6.90. The number of nitrogens with one attached hydrogen (secondary N) is 1. The van der Waals surface area contributed by atoms with Crippen LogP contribution in [0.3, 0.4) is 0 Å². The van der Waals surface area contributed by atoms with E-state index in [2.05, 4.69) is 5.32 Å². The summed E-state index contributed by atoms with van der Waals surface area (Å²) in [5.41, 5.74) is 0.357. The van der Waals surface area contributed by atoms with E-state index < -0.39 is 16.9 Å². The summed E-state index contributed by atoms with van der Waals surface area (Å²) in [5, 5.41) is 22.9. The van der Waals surface area contributed by atoms with Crippen LogP contribution in [0.2, 0.25) is 0 Å². The van der Waals surface area contributed by atoms with Gasteiger partial charge in [-0.05, 0) is 19.4 Å². The van der Waals surface area contributed by atoms with Gasteiger partial charge in [0, 0.05) is 17.8 Å². The van der Waals surface area contributed by atoms with E-state index in [0.29, 0.717) is 18.7 Å². The monoisotopic (exact) mass is 296 g/mol. The van der Waals surface area contributed by atoms with Gasteiger partial charge in [-0.3, -0.25) is 10.1 Å². The molecule has 0 saturated heterocycles. The maximum absolute atomic E-state index is 11.2. The number of hydrogen-bond donors (Lipinski definition) is 2. The molecule has 1 atom stereocenters. The fourth-order valence-corrected chi connectivity index (χ4v) is 1.89. The van der Waals surface area contributed by atoms with Gasteiger partial charge in [-0.25, -0.2) is 4.79 Å². The highest BCUT2D eigenvalue weighted by Gasteiger charge is 2.19. The number of nitro groups is 1. The number of unbranched alkanes of at least 4 members (excludes halogenated alkanes) is 1. The molecule has 1 aromatic carbocycles. The van der Waals surface area contributed by atoms with E-state index >= 15 is 0 Å². The van der Waals surface area contributed by atoms with Crippen molar-refractivity contribution in [2.75, 3.05) is 11.9 Å². The van der Waals surface area contributed by atoms with Gasteiger partial charge in [-0.2, -0.15) is 0 Å². The lowest BCUT2D eigenvalue weighted by Crippen LogP contribution is -2.29. The third-order valence-corrected chi connectivity index (χ3v) is 2.94. The fraction of sp³-hybridized carbons (Fsp3) is 0.500. The van der Waals surface area contributed by atoms with Crippen LogP contribution < -0.4 is 10.1 Å². The molecule has 21 heavy (non-hydrogen) atoms. The second kappa shape index (κ2) is 8.08. The lowest BCUT2D eigenvalue weighted by atomic mass is 10.1. The van der Waals surface area contributed by atoms with Gasteiger partial charge < -0.3 is 15.2 Å². The Hall–Kier alpha value is -2.31. The highest BCUT2D eigenvalue weighted by atomic mass is 16.6. The van der Waals surface area contributed by atoms with E-state index in [9.17, 15) is 20.0 Å². The Balaban J connectivity index is 2.94. The van der Waals surface area contributed by atoms with Crippen LogP contribution in [0.15, 0.2) is 18.2 Å². The number of carboxylic acids is 1. The number of carboxylic acid groups (broad SMARTS) is 1. The third-order valence-electron chi connectivity index (χ3n) is 2.94. The minimum absolute atomic E-state index is 0.132. The van der Waals surface area contributed by atoms with Crippen molar-refractivity contribution in [3.8, 4) is 5.75 Å². The van der Waals surface area contributed by atoms with E-state index in [1.807, 2.05) is 6.92 Å². The Morgan fingerprint density at radius 1 is 1.48 bits per heavy atom. The Morgan fingerprint density at radius 3 is 2.71 bits per heavy atom. The first-order valence-electron chi connectivity index (χ1n) is 6.90.